The fraction of sp³-hybridized carbons (Fsp3) is 0.222. The van der Waals surface area contributed by atoms with Crippen molar-refractivity contribution in [3.8, 4) is 11.1 Å². The zero-order chi connectivity index (χ0) is 26.1. The van der Waals surface area contributed by atoms with Crippen molar-refractivity contribution in [3.63, 3.8) is 0 Å². The van der Waals surface area contributed by atoms with Gasteiger partial charge in [-0.2, -0.15) is 0 Å². The van der Waals surface area contributed by atoms with Crippen LogP contribution < -0.4 is 11.5 Å². The molecule has 188 valence electrons. The first-order chi connectivity index (χ1) is 18.5. The molecule has 0 saturated heterocycles. The molecule has 0 amide bonds. The van der Waals surface area contributed by atoms with Gasteiger partial charge in [-0.05, 0) is 74.6 Å². The van der Waals surface area contributed by atoms with Gasteiger partial charge in [0.15, 0.2) is 0 Å². The van der Waals surface area contributed by atoms with E-state index in [2.05, 4.69) is 111 Å². The maximum atomic E-state index is 7.05. The Morgan fingerprint density at radius 3 is 2.32 bits per heavy atom. The molecule has 2 nitrogen and oxygen atoms in total. The molecule has 4 aromatic rings. The van der Waals surface area contributed by atoms with E-state index in [9.17, 15) is 0 Å². The molecule has 4 aromatic carbocycles. The lowest BCUT2D eigenvalue weighted by molar-refractivity contribution is 0.524. The van der Waals surface area contributed by atoms with Gasteiger partial charge in [-0.3, -0.25) is 0 Å². The lowest BCUT2D eigenvalue weighted by Crippen LogP contribution is -2.41. The van der Waals surface area contributed by atoms with Crippen LogP contribution in [0, 0.1) is 0 Å². The van der Waals surface area contributed by atoms with Crippen LogP contribution in [0.25, 0.3) is 11.1 Å². The zero-order valence-electron chi connectivity index (χ0n) is 22.2. The predicted octanol–water partition coefficient (Wildman–Crippen LogP) is 7.45. The molecule has 0 aromatic heterocycles. The second kappa shape index (κ2) is 8.39. The van der Waals surface area contributed by atoms with Crippen molar-refractivity contribution in [1.82, 2.24) is 0 Å². The van der Waals surface area contributed by atoms with Gasteiger partial charge in [-0.25, -0.2) is 0 Å². The Balaban J connectivity index is 1.63. The zero-order valence-corrected chi connectivity index (χ0v) is 22.2. The Bertz CT molecular complexity index is 1640. The molecule has 2 atom stereocenters. The summed E-state index contributed by atoms with van der Waals surface area (Å²) < 4.78 is 0. The number of nitrogens with two attached hydrogens (primary N) is 2. The number of hydrogen-bond donors (Lipinski definition) is 2. The molecule has 3 aliphatic rings. The summed E-state index contributed by atoms with van der Waals surface area (Å²) in [5.41, 5.74) is 27.3. The van der Waals surface area contributed by atoms with E-state index in [1.807, 2.05) is 6.07 Å². The fourth-order valence-electron chi connectivity index (χ4n) is 7.59. The molecular weight excluding hydrogens is 460 g/mol. The van der Waals surface area contributed by atoms with Gasteiger partial charge in [0.25, 0.3) is 0 Å². The lowest BCUT2D eigenvalue weighted by atomic mass is 9.54. The molecule has 0 fully saturated rings. The quantitative estimate of drug-likeness (QED) is 0.311. The highest BCUT2D eigenvalue weighted by Crippen LogP contribution is 2.64. The predicted molar refractivity (Wildman–Crippen MR) is 157 cm³/mol. The van der Waals surface area contributed by atoms with Gasteiger partial charge < -0.3 is 11.5 Å². The smallest absolute Gasteiger partial charge is 0.0716 e. The van der Waals surface area contributed by atoms with Gasteiger partial charge in [0.2, 0.25) is 0 Å². The summed E-state index contributed by atoms with van der Waals surface area (Å²) in [7, 11) is 0. The van der Waals surface area contributed by atoms with E-state index in [0.29, 0.717) is 6.54 Å². The topological polar surface area (TPSA) is 52.0 Å². The number of rotatable bonds is 3. The standard InChI is InChI=1S/C36H34N2/c1-35(2)28-14-6-8-16-30(28)36(31-17-9-7-15-29(31)35)27-20-19-23(22-37)21-26(27)33-25(13-10-18-32(33)36)34(38)24-11-4-3-5-12-24/h3-6,8-14,16-21,34H,7,15,22,37-38H2,1-2H3. The maximum Gasteiger partial charge on any atom is 0.0716 e. The van der Waals surface area contributed by atoms with Gasteiger partial charge in [0.1, 0.15) is 0 Å². The maximum absolute atomic E-state index is 7.05. The van der Waals surface area contributed by atoms with E-state index >= 15 is 0 Å². The molecular formula is C36H34N2. The number of allylic oxidation sites excluding steroid dienone is 4. The first kappa shape index (κ1) is 23.4. The molecule has 2 heteroatoms. The van der Waals surface area contributed by atoms with E-state index in [-0.39, 0.29) is 16.9 Å². The average molecular weight is 495 g/mol. The van der Waals surface area contributed by atoms with Gasteiger partial charge in [-0.1, -0.05) is 117 Å². The Hall–Kier alpha value is -3.72. The molecule has 1 spiro atoms. The first-order valence-electron chi connectivity index (χ1n) is 13.8. The molecule has 0 radical (unpaired) electrons. The minimum Gasteiger partial charge on any atom is -0.326 e. The summed E-state index contributed by atoms with van der Waals surface area (Å²) in [5, 5.41) is 0. The van der Waals surface area contributed by atoms with Crippen LogP contribution in [0.3, 0.4) is 0 Å². The number of benzene rings is 4. The van der Waals surface area contributed by atoms with Crippen LogP contribution in [0.1, 0.15) is 71.7 Å². The van der Waals surface area contributed by atoms with Crippen LogP contribution in [0.4, 0.5) is 0 Å². The molecule has 38 heavy (non-hydrogen) atoms. The summed E-state index contributed by atoms with van der Waals surface area (Å²) in [4.78, 5) is 0. The second-order valence-electron chi connectivity index (χ2n) is 11.5. The Morgan fingerprint density at radius 1 is 0.789 bits per heavy atom. The van der Waals surface area contributed by atoms with Gasteiger partial charge in [0.05, 0.1) is 11.5 Å². The SMILES string of the molecule is CC1(C)C2=C(C=CCC2)C2(c3ccc(CN)cc3-c3c(C(N)c4ccccc4)cccc32)c2ccccc21. The molecule has 7 rings (SSSR count). The van der Waals surface area contributed by atoms with Gasteiger partial charge >= 0.3 is 0 Å². The summed E-state index contributed by atoms with van der Waals surface area (Å²) in [5.74, 6) is 0. The molecule has 0 heterocycles. The monoisotopic (exact) mass is 494 g/mol. The van der Waals surface area contributed by atoms with Crippen molar-refractivity contribution in [1.29, 1.82) is 0 Å². The Morgan fingerprint density at radius 2 is 1.53 bits per heavy atom. The van der Waals surface area contributed by atoms with Crippen LogP contribution in [0.5, 0.6) is 0 Å². The molecule has 0 saturated carbocycles. The third-order valence-electron chi connectivity index (χ3n) is 9.32. The molecule has 0 aliphatic heterocycles. The Labute approximate surface area is 225 Å². The highest BCUT2D eigenvalue weighted by atomic mass is 14.6. The fourth-order valence-corrected chi connectivity index (χ4v) is 7.59. The number of hydrogen-bond acceptors (Lipinski definition) is 2. The molecule has 4 N–H and O–H groups in total. The van der Waals surface area contributed by atoms with Crippen molar-refractivity contribution in [2.24, 2.45) is 11.5 Å². The minimum atomic E-state index is -0.372. The highest BCUT2D eigenvalue weighted by molar-refractivity contribution is 5.91. The van der Waals surface area contributed by atoms with Crippen LogP contribution in [-0.2, 0) is 17.4 Å². The van der Waals surface area contributed by atoms with Crippen LogP contribution in [-0.4, -0.2) is 0 Å². The van der Waals surface area contributed by atoms with Crippen molar-refractivity contribution in [2.75, 3.05) is 0 Å². The van der Waals surface area contributed by atoms with Crippen molar-refractivity contribution in [2.45, 2.75) is 50.1 Å². The molecule has 2 unspecified atom stereocenters. The first-order valence-corrected chi connectivity index (χ1v) is 13.8. The largest absolute Gasteiger partial charge is 0.326 e. The normalized spacial score (nSPS) is 21.1. The Kier molecular flexibility index (Phi) is 5.17. The van der Waals surface area contributed by atoms with Crippen LogP contribution >= 0.6 is 0 Å². The van der Waals surface area contributed by atoms with Crippen LogP contribution in [0.2, 0.25) is 0 Å². The van der Waals surface area contributed by atoms with Crippen molar-refractivity contribution >= 4 is 0 Å². The van der Waals surface area contributed by atoms with Gasteiger partial charge in [0, 0.05) is 12.0 Å². The van der Waals surface area contributed by atoms with E-state index in [1.165, 1.54) is 44.5 Å². The lowest BCUT2D eigenvalue weighted by Gasteiger charge is -2.48. The third kappa shape index (κ3) is 2.96. The average Bonchev–Trinajstić information content (AvgIpc) is 3.27. The summed E-state index contributed by atoms with van der Waals surface area (Å²) in [6, 6.07) is 33.0. The van der Waals surface area contributed by atoms with E-state index in [1.54, 1.807) is 5.57 Å². The third-order valence-corrected chi connectivity index (χ3v) is 9.32. The van der Waals surface area contributed by atoms with Crippen molar-refractivity contribution < 1.29 is 0 Å². The number of fused-ring (bicyclic) bond motifs is 8. The van der Waals surface area contributed by atoms with Gasteiger partial charge in [-0.15, -0.1) is 0 Å². The van der Waals surface area contributed by atoms with Crippen LogP contribution in [0.15, 0.2) is 114 Å². The van der Waals surface area contributed by atoms with E-state index in [0.717, 1.165) is 24.0 Å². The van der Waals surface area contributed by atoms with E-state index < -0.39 is 0 Å². The van der Waals surface area contributed by atoms with Crippen molar-refractivity contribution in [3.05, 3.63) is 153 Å². The van der Waals surface area contributed by atoms with E-state index in [4.69, 9.17) is 11.5 Å². The summed E-state index contributed by atoms with van der Waals surface area (Å²) in [6.07, 6.45) is 6.97. The molecule has 0 bridgehead atoms. The summed E-state index contributed by atoms with van der Waals surface area (Å²) >= 11 is 0. The highest BCUT2D eigenvalue weighted by Gasteiger charge is 2.54. The summed E-state index contributed by atoms with van der Waals surface area (Å²) in [6.45, 7) is 5.33. The molecule has 3 aliphatic carbocycles. The minimum absolute atomic E-state index is 0.0277. The second-order valence-corrected chi connectivity index (χ2v) is 11.5.